The molecule has 6 nitrogen and oxygen atoms in total. The lowest BCUT2D eigenvalue weighted by atomic mass is 10.2. The molecule has 3 aromatic rings. The molecule has 0 atom stereocenters. The molecule has 3 heterocycles. The molecule has 3 aromatic heterocycles. The number of nitrogens with one attached hydrogen (secondary N) is 2. The van der Waals surface area contributed by atoms with E-state index in [9.17, 15) is 0 Å². The Balaban J connectivity index is 1.71. The number of halogens is 1. The van der Waals surface area contributed by atoms with E-state index in [-0.39, 0.29) is 0 Å². The molecule has 0 saturated heterocycles. The van der Waals surface area contributed by atoms with Crippen LogP contribution in [0.2, 0.25) is 0 Å². The van der Waals surface area contributed by atoms with Crippen molar-refractivity contribution in [1.82, 2.24) is 19.6 Å². The van der Waals surface area contributed by atoms with E-state index in [1.165, 1.54) is 25.7 Å². The van der Waals surface area contributed by atoms with Gasteiger partial charge in [-0.15, -0.1) is 0 Å². The molecule has 0 unspecified atom stereocenters. The van der Waals surface area contributed by atoms with Crippen LogP contribution in [0.3, 0.4) is 0 Å². The molecule has 1 saturated carbocycles. The molecule has 2 N–H and O–H groups in total. The van der Waals surface area contributed by atoms with Gasteiger partial charge in [0.2, 0.25) is 0 Å². The fourth-order valence-electron chi connectivity index (χ4n) is 2.96. The molecule has 7 heteroatoms. The van der Waals surface area contributed by atoms with Crippen LogP contribution in [0.4, 0.5) is 17.3 Å². The van der Waals surface area contributed by atoms with E-state index < -0.39 is 0 Å². The Morgan fingerprint density at radius 1 is 1.22 bits per heavy atom. The number of anilines is 3. The second kappa shape index (κ2) is 6.16. The minimum Gasteiger partial charge on any atom is -0.367 e. The van der Waals surface area contributed by atoms with Crippen molar-refractivity contribution in [3.63, 3.8) is 0 Å². The normalized spacial score (nSPS) is 15.2. The van der Waals surface area contributed by atoms with Gasteiger partial charge in [0.15, 0.2) is 5.65 Å². The van der Waals surface area contributed by atoms with E-state index in [2.05, 4.69) is 41.6 Å². The van der Waals surface area contributed by atoms with Crippen molar-refractivity contribution in [1.29, 1.82) is 0 Å². The molecule has 0 bridgehead atoms. The summed E-state index contributed by atoms with van der Waals surface area (Å²) in [6.07, 6.45) is 10.3. The van der Waals surface area contributed by atoms with Gasteiger partial charge in [0.05, 0.1) is 22.6 Å². The second-order valence-corrected chi connectivity index (χ2v) is 6.60. The lowest BCUT2D eigenvalue weighted by Crippen LogP contribution is -2.16. The lowest BCUT2D eigenvalue weighted by Gasteiger charge is -2.15. The lowest BCUT2D eigenvalue weighted by molar-refractivity contribution is 0.750. The standard InChI is InChI=1S/C16H17BrN6/c17-13-10-19-23-15(21-12-6-3-7-18-9-12)8-14(22-16(13)23)20-11-4-1-2-5-11/h3,6-11,21H,1-2,4-5H2,(H,20,22). The number of rotatable bonds is 4. The molecule has 0 amide bonds. The molecule has 0 aromatic carbocycles. The largest absolute Gasteiger partial charge is 0.367 e. The van der Waals surface area contributed by atoms with Crippen molar-refractivity contribution in [3.8, 4) is 0 Å². The maximum atomic E-state index is 4.69. The first-order valence-corrected chi connectivity index (χ1v) is 8.57. The van der Waals surface area contributed by atoms with Crippen molar-refractivity contribution in [2.24, 2.45) is 0 Å². The van der Waals surface area contributed by atoms with Gasteiger partial charge in [-0.05, 0) is 40.9 Å². The zero-order chi connectivity index (χ0) is 15.6. The van der Waals surface area contributed by atoms with Crippen LogP contribution in [-0.2, 0) is 0 Å². The fraction of sp³-hybridized carbons (Fsp3) is 0.312. The van der Waals surface area contributed by atoms with Crippen LogP contribution < -0.4 is 10.6 Å². The molecule has 0 aliphatic heterocycles. The van der Waals surface area contributed by atoms with Crippen LogP contribution >= 0.6 is 15.9 Å². The number of hydrogen-bond donors (Lipinski definition) is 2. The monoisotopic (exact) mass is 372 g/mol. The zero-order valence-electron chi connectivity index (χ0n) is 12.5. The Morgan fingerprint density at radius 3 is 2.87 bits per heavy atom. The summed E-state index contributed by atoms with van der Waals surface area (Å²) in [5, 5.41) is 11.3. The van der Waals surface area contributed by atoms with E-state index >= 15 is 0 Å². The molecule has 1 fully saturated rings. The van der Waals surface area contributed by atoms with Gasteiger partial charge in [-0.1, -0.05) is 12.8 Å². The van der Waals surface area contributed by atoms with Crippen LogP contribution in [0.1, 0.15) is 25.7 Å². The maximum absolute atomic E-state index is 4.69. The number of aromatic nitrogens is 4. The smallest absolute Gasteiger partial charge is 0.173 e. The van der Waals surface area contributed by atoms with E-state index in [0.29, 0.717) is 6.04 Å². The second-order valence-electron chi connectivity index (χ2n) is 5.75. The Morgan fingerprint density at radius 2 is 2.09 bits per heavy atom. The van der Waals surface area contributed by atoms with Crippen molar-refractivity contribution in [2.45, 2.75) is 31.7 Å². The highest BCUT2D eigenvalue weighted by molar-refractivity contribution is 9.10. The molecular formula is C16H17BrN6. The van der Waals surface area contributed by atoms with Crippen molar-refractivity contribution >= 4 is 38.9 Å². The Bertz CT molecular complexity index is 810. The van der Waals surface area contributed by atoms with E-state index in [4.69, 9.17) is 0 Å². The van der Waals surface area contributed by atoms with Gasteiger partial charge in [-0.25, -0.2) is 4.98 Å². The molecule has 1 aliphatic rings. The number of hydrogen-bond acceptors (Lipinski definition) is 5. The van der Waals surface area contributed by atoms with Gasteiger partial charge in [-0.3, -0.25) is 4.98 Å². The van der Waals surface area contributed by atoms with Gasteiger partial charge >= 0.3 is 0 Å². The number of pyridine rings is 1. The van der Waals surface area contributed by atoms with Gasteiger partial charge < -0.3 is 10.6 Å². The molecule has 4 rings (SSSR count). The average Bonchev–Trinajstić information content (AvgIpc) is 3.19. The van der Waals surface area contributed by atoms with Crippen LogP contribution in [-0.4, -0.2) is 25.6 Å². The zero-order valence-corrected chi connectivity index (χ0v) is 14.1. The Labute approximate surface area is 142 Å². The van der Waals surface area contributed by atoms with E-state index in [1.54, 1.807) is 23.1 Å². The summed E-state index contributed by atoms with van der Waals surface area (Å²) < 4.78 is 2.67. The number of nitrogens with zero attached hydrogens (tertiary/aromatic N) is 4. The highest BCUT2D eigenvalue weighted by atomic mass is 79.9. The highest BCUT2D eigenvalue weighted by Gasteiger charge is 2.17. The minimum absolute atomic E-state index is 0.512. The number of fused-ring (bicyclic) bond motifs is 1. The third kappa shape index (κ3) is 3.01. The third-order valence-corrected chi connectivity index (χ3v) is 4.63. The van der Waals surface area contributed by atoms with Gasteiger partial charge in [0, 0.05) is 18.3 Å². The first kappa shape index (κ1) is 14.4. The summed E-state index contributed by atoms with van der Waals surface area (Å²) in [7, 11) is 0. The molecular weight excluding hydrogens is 356 g/mol. The molecule has 1 aliphatic carbocycles. The minimum atomic E-state index is 0.512. The molecule has 118 valence electrons. The average molecular weight is 373 g/mol. The maximum Gasteiger partial charge on any atom is 0.173 e. The summed E-state index contributed by atoms with van der Waals surface area (Å²) in [5.74, 6) is 1.73. The van der Waals surface area contributed by atoms with Crippen molar-refractivity contribution in [2.75, 3.05) is 10.6 Å². The first-order valence-electron chi connectivity index (χ1n) is 7.77. The van der Waals surface area contributed by atoms with Crippen LogP contribution in [0.5, 0.6) is 0 Å². The summed E-state index contributed by atoms with van der Waals surface area (Å²) in [4.78, 5) is 8.83. The SMILES string of the molecule is Brc1cnn2c(Nc3cccnc3)cc(NC3CCCC3)nc12. The topological polar surface area (TPSA) is 67.1 Å². The Hall–Kier alpha value is -2.15. The molecule has 0 radical (unpaired) electrons. The summed E-state index contributed by atoms with van der Waals surface area (Å²) in [6.45, 7) is 0. The van der Waals surface area contributed by atoms with Gasteiger partial charge in [0.25, 0.3) is 0 Å². The van der Waals surface area contributed by atoms with Crippen molar-refractivity contribution < 1.29 is 0 Å². The van der Waals surface area contributed by atoms with E-state index in [0.717, 1.165) is 27.4 Å². The molecule has 0 spiro atoms. The first-order chi connectivity index (χ1) is 11.3. The van der Waals surface area contributed by atoms with Gasteiger partial charge in [0.1, 0.15) is 11.6 Å². The Kier molecular flexibility index (Phi) is 3.87. The molecule has 23 heavy (non-hydrogen) atoms. The van der Waals surface area contributed by atoms with Crippen molar-refractivity contribution in [3.05, 3.63) is 41.3 Å². The quantitative estimate of drug-likeness (QED) is 0.724. The predicted octanol–water partition coefficient (Wildman–Crippen LogP) is 3.98. The predicted molar refractivity (Wildman–Crippen MR) is 94.1 cm³/mol. The fourth-order valence-corrected chi connectivity index (χ4v) is 3.31. The summed E-state index contributed by atoms with van der Waals surface area (Å²) in [5.41, 5.74) is 1.71. The highest BCUT2D eigenvalue weighted by Crippen LogP contribution is 2.27. The van der Waals surface area contributed by atoms with Crippen LogP contribution in [0, 0.1) is 0 Å². The van der Waals surface area contributed by atoms with Crippen LogP contribution in [0.25, 0.3) is 5.65 Å². The van der Waals surface area contributed by atoms with Crippen LogP contribution in [0.15, 0.2) is 41.3 Å². The van der Waals surface area contributed by atoms with E-state index in [1.807, 2.05) is 18.2 Å². The summed E-state index contributed by atoms with van der Waals surface area (Å²) >= 11 is 3.52. The third-order valence-electron chi connectivity index (χ3n) is 4.07. The van der Waals surface area contributed by atoms with Gasteiger partial charge in [-0.2, -0.15) is 9.61 Å². The summed E-state index contributed by atoms with van der Waals surface area (Å²) in [6, 6.07) is 6.38.